The summed E-state index contributed by atoms with van der Waals surface area (Å²) in [6.07, 6.45) is -5.10. The lowest BCUT2D eigenvalue weighted by molar-refractivity contribution is -0.136. The molecule has 0 spiro atoms. The molecule has 0 aliphatic heterocycles. The van der Waals surface area contributed by atoms with E-state index >= 15 is 0 Å². The minimum atomic E-state index is -4.17. The maximum absolute atomic E-state index is 12.3. The van der Waals surface area contributed by atoms with E-state index in [1.807, 2.05) is 42.5 Å². The van der Waals surface area contributed by atoms with E-state index in [0.29, 0.717) is 0 Å². The number of rotatable bonds is 4. The molecule has 0 fully saturated rings. The standard InChI is InChI=1S/C14H15F3N2/c15-14(16,17)9-8-13(19-18)12-7-3-5-10-4-1-2-6-11(10)12/h1-7,13,19H,8-9,18H2. The number of nitrogens with two attached hydrogens (primary N) is 1. The first-order valence-corrected chi connectivity index (χ1v) is 6.02. The van der Waals surface area contributed by atoms with Crippen molar-refractivity contribution >= 4 is 10.8 Å². The van der Waals surface area contributed by atoms with Gasteiger partial charge in [0.1, 0.15) is 0 Å². The van der Waals surface area contributed by atoms with Gasteiger partial charge < -0.3 is 0 Å². The van der Waals surface area contributed by atoms with Crippen LogP contribution in [0.25, 0.3) is 10.8 Å². The van der Waals surface area contributed by atoms with Gasteiger partial charge in [0.25, 0.3) is 0 Å². The van der Waals surface area contributed by atoms with Crippen molar-refractivity contribution in [1.29, 1.82) is 0 Å². The topological polar surface area (TPSA) is 38.0 Å². The van der Waals surface area contributed by atoms with Crippen molar-refractivity contribution in [3.8, 4) is 0 Å². The molecule has 1 unspecified atom stereocenters. The summed E-state index contributed by atoms with van der Waals surface area (Å²) in [7, 11) is 0. The zero-order chi connectivity index (χ0) is 13.9. The van der Waals surface area contributed by atoms with Crippen LogP contribution < -0.4 is 11.3 Å². The molecule has 0 radical (unpaired) electrons. The minimum Gasteiger partial charge on any atom is -0.271 e. The second-order valence-corrected chi connectivity index (χ2v) is 4.44. The van der Waals surface area contributed by atoms with E-state index in [1.165, 1.54) is 0 Å². The molecule has 0 heterocycles. The summed E-state index contributed by atoms with van der Waals surface area (Å²) in [6.45, 7) is 0. The lowest BCUT2D eigenvalue weighted by atomic mass is 9.96. The first-order chi connectivity index (χ1) is 9.01. The number of benzene rings is 2. The van der Waals surface area contributed by atoms with Crippen LogP contribution in [0.15, 0.2) is 42.5 Å². The molecule has 2 aromatic carbocycles. The third-order valence-corrected chi connectivity index (χ3v) is 3.12. The lowest BCUT2D eigenvalue weighted by Gasteiger charge is -2.19. The molecule has 0 aliphatic rings. The monoisotopic (exact) mass is 268 g/mol. The Labute approximate surface area is 109 Å². The minimum absolute atomic E-state index is 0.0754. The van der Waals surface area contributed by atoms with Gasteiger partial charge in [-0.3, -0.25) is 11.3 Å². The summed E-state index contributed by atoms with van der Waals surface area (Å²) in [6, 6.07) is 12.6. The maximum atomic E-state index is 12.3. The van der Waals surface area contributed by atoms with E-state index in [4.69, 9.17) is 5.84 Å². The largest absolute Gasteiger partial charge is 0.389 e. The van der Waals surface area contributed by atoms with Gasteiger partial charge in [-0.2, -0.15) is 13.2 Å². The second kappa shape index (κ2) is 5.59. The molecule has 3 N–H and O–H groups in total. The third-order valence-electron chi connectivity index (χ3n) is 3.12. The molecule has 0 amide bonds. The normalized spacial score (nSPS) is 13.7. The van der Waals surface area contributed by atoms with E-state index in [0.717, 1.165) is 16.3 Å². The van der Waals surface area contributed by atoms with Crippen molar-refractivity contribution in [1.82, 2.24) is 5.43 Å². The Balaban J connectivity index is 2.30. The number of fused-ring (bicyclic) bond motifs is 1. The molecular weight excluding hydrogens is 253 g/mol. The molecule has 19 heavy (non-hydrogen) atoms. The lowest BCUT2D eigenvalue weighted by Crippen LogP contribution is -2.29. The van der Waals surface area contributed by atoms with Crippen molar-refractivity contribution < 1.29 is 13.2 Å². The van der Waals surface area contributed by atoms with Gasteiger partial charge in [0.2, 0.25) is 0 Å². The van der Waals surface area contributed by atoms with Crippen LogP contribution in [0.5, 0.6) is 0 Å². The van der Waals surface area contributed by atoms with Crippen molar-refractivity contribution in [2.24, 2.45) is 5.84 Å². The Hall–Kier alpha value is -1.59. The number of hydrazine groups is 1. The Morgan fingerprint density at radius 2 is 1.74 bits per heavy atom. The summed E-state index contributed by atoms with van der Waals surface area (Å²) in [5.41, 5.74) is 3.28. The SMILES string of the molecule is NNC(CCC(F)(F)F)c1cccc2ccccc12. The van der Waals surface area contributed by atoms with Crippen LogP contribution >= 0.6 is 0 Å². The molecule has 2 aromatic rings. The highest BCUT2D eigenvalue weighted by Crippen LogP contribution is 2.30. The summed E-state index contributed by atoms with van der Waals surface area (Å²) in [5, 5.41) is 1.92. The van der Waals surface area contributed by atoms with Crippen LogP contribution in [-0.4, -0.2) is 6.18 Å². The number of alkyl halides is 3. The van der Waals surface area contributed by atoms with Crippen LogP contribution in [0, 0.1) is 0 Å². The fourth-order valence-electron chi connectivity index (χ4n) is 2.19. The molecule has 2 rings (SSSR count). The zero-order valence-electron chi connectivity index (χ0n) is 10.2. The molecule has 0 aromatic heterocycles. The summed E-state index contributed by atoms with van der Waals surface area (Å²) < 4.78 is 36.9. The van der Waals surface area contributed by atoms with Gasteiger partial charge in [-0.25, -0.2) is 0 Å². The average molecular weight is 268 g/mol. The highest BCUT2D eigenvalue weighted by Gasteiger charge is 2.28. The Morgan fingerprint density at radius 3 is 2.42 bits per heavy atom. The number of nitrogens with one attached hydrogen (secondary N) is 1. The van der Waals surface area contributed by atoms with Crippen LogP contribution in [0.4, 0.5) is 13.2 Å². The van der Waals surface area contributed by atoms with E-state index < -0.39 is 18.6 Å². The molecule has 0 saturated heterocycles. The second-order valence-electron chi connectivity index (χ2n) is 4.44. The number of hydrogen-bond donors (Lipinski definition) is 2. The van der Waals surface area contributed by atoms with Crippen LogP contribution in [0.3, 0.4) is 0 Å². The molecule has 102 valence electrons. The fraction of sp³-hybridized carbons (Fsp3) is 0.286. The number of hydrogen-bond acceptors (Lipinski definition) is 2. The molecule has 2 nitrogen and oxygen atoms in total. The highest BCUT2D eigenvalue weighted by atomic mass is 19.4. The van der Waals surface area contributed by atoms with Gasteiger partial charge in [-0.1, -0.05) is 42.5 Å². The van der Waals surface area contributed by atoms with Gasteiger partial charge >= 0.3 is 6.18 Å². The first kappa shape index (κ1) is 13.8. The zero-order valence-corrected chi connectivity index (χ0v) is 10.2. The highest BCUT2D eigenvalue weighted by molar-refractivity contribution is 5.86. The van der Waals surface area contributed by atoms with E-state index in [1.54, 1.807) is 0 Å². The first-order valence-electron chi connectivity index (χ1n) is 6.02. The average Bonchev–Trinajstić information content (AvgIpc) is 2.38. The van der Waals surface area contributed by atoms with Crippen molar-refractivity contribution in [3.63, 3.8) is 0 Å². The predicted molar refractivity (Wildman–Crippen MR) is 69.3 cm³/mol. The fourth-order valence-corrected chi connectivity index (χ4v) is 2.19. The van der Waals surface area contributed by atoms with E-state index in [2.05, 4.69) is 5.43 Å². The Bertz CT molecular complexity index is 546. The molecule has 5 heteroatoms. The van der Waals surface area contributed by atoms with Gasteiger partial charge in [-0.05, 0) is 22.8 Å². The quantitative estimate of drug-likeness (QED) is 0.655. The third kappa shape index (κ3) is 3.45. The predicted octanol–water partition coefficient (Wildman–Crippen LogP) is 3.69. The molecule has 0 saturated carbocycles. The van der Waals surface area contributed by atoms with Crippen molar-refractivity contribution in [3.05, 3.63) is 48.0 Å². The Kier molecular flexibility index (Phi) is 4.07. The summed E-state index contributed by atoms with van der Waals surface area (Å²) in [5.74, 6) is 5.41. The van der Waals surface area contributed by atoms with Crippen LogP contribution in [-0.2, 0) is 0 Å². The maximum Gasteiger partial charge on any atom is 0.389 e. The summed E-state index contributed by atoms with van der Waals surface area (Å²) in [4.78, 5) is 0. The molecular formula is C14H15F3N2. The van der Waals surface area contributed by atoms with Crippen molar-refractivity contribution in [2.75, 3.05) is 0 Å². The Morgan fingerprint density at radius 1 is 1.05 bits per heavy atom. The molecule has 1 atom stereocenters. The van der Waals surface area contributed by atoms with Gasteiger partial charge in [0.15, 0.2) is 0 Å². The van der Waals surface area contributed by atoms with Crippen LogP contribution in [0.1, 0.15) is 24.4 Å². The van der Waals surface area contributed by atoms with E-state index in [9.17, 15) is 13.2 Å². The molecule has 0 bridgehead atoms. The van der Waals surface area contributed by atoms with Gasteiger partial charge in [-0.15, -0.1) is 0 Å². The van der Waals surface area contributed by atoms with Crippen LogP contribution in [0.2, 0.25) is 0 Å². The van der Waals surface area contributed by atoms with Gasteiger partial charge in [0.05, 0.1) is 0 Å². The van der Waals surface area contributed by atoms with E-state index in [-0.39, 0.29) is 6.42 Å². The molecule has 0 aliphatic carbocycles. The smallest absolute Gasteiger partial charge is 0.271 e. The number of halogens is 3. The van der Waals surface area contributed by atoms with Gasteiger partial charge in [0, 0.05) is 12.5 Å². The van der Waals surface area contributed by atoms with Crippen molar-refractivity contribution in [2.45, 2.75) is 25.1 Å². The summed E-state index contributed by atoms with van der Waals surface area (Å²) >= 11 is 0.